The van der Waals surface area contributed by atoms with Gasteiger partial charge < -0.3 is 11.1 Å². The lowest BCUT2D eigenvalue weighted by atomic mass is 10.1. The first-order chi connectivity index (χ1) is 9.19. The predicted molar refractivity (Wildman–Crippen MR) is 81.9 cm³/mol. The third-order valence-corrected chi connectivity index (χ3v) is 2.86. The minimum Gasteiger partial charge on any atom is -0.322 e. The van der Waals surface area contributed by atoms with Crippen molar-refractivity contribution >= 4 is 24.0 Å². The number of nitrogens with one attached hydrogen (secondary N) is 1. The molecule has 0 saturated heterocycles. The number of carbonyl (C=O) groups is 1. The normalized spacial score (nSPS) is 11.5. The second-order valence-electron chi connectivity index (χ2n) is 4.37. The molecule has 0 fully saturated rings. The van der Waals surface area contributed by atoms with E-state index in [2.05, 4.69) is 10.4 Å². The van der Waals surface area contributed by atoms with Crippen LogP contribution in [0.15, 0.2) is 42.7 Å². The number of nitrogens with two attached hydrogens (primary N) is 1. The molecule has 0 spiro atoms. The standard InChI is InChI=1S/C14H18N4O.ClH/c1-2-18-10-12(9-16-18)17-14(19)13(15)8-11-6-4-3-5-7-11;/h3-7,9-10,13H,2,8,15H2,1H3,(H,17,19);1H/t13-;/m0./s1. The van der Waals surface area contributed by atoms with Crippen LogP contribution in [0.1, 0.15) is 12.5 Å². The molecular formula is C14H19ClN4O. The molecule has 2 aromatic rings. The maximum atomic E-state index is 11.9. The zero-order chi connectivity index (χ0) is 13.7. The number of aryl methyl sites for hydroxylation is 1. The van der Waals surface area contributed by atoms with Gasteiger partial charge in [-0.15, -0.1) is 12.4 Å². The summed E-state index contributed by atoms with van der Waals surface area (Å²) in [6.45, 7) is 2.76. The van der Waals surface area contributed by atoms with Crippen LogP contribution < -0.4 is 11.1 Å². The Labute approximate surface area is 124 Å². The van der Waals surface area contributed by atoms with Gasteiger partial charge in [-0.25, -0.2) is 0 Å². The van der Waals surface area contributed by atoms with Gasteiger partial charge in [0, 0.05) is 12.7 Å². The van der Waals surface area contributed by atoms with Crippen LogP contribution in [0.4, 0.5) is 5.69 Å². The molecule has 108 valence electrons. The SMILES string of the molecule is CCn1cc(NC(=O)[C@@H](N)Cc2ccccc2)cn1.Cl. The quantitative estimate of drug-likeness (QED) is 0.883. The summed E-state index contributed by atoms with van der Waals surface area (Å²) in [5.74, 6) is -0.195. The van der Waals surface area contributed by atoms with E-state index >= 15 is 0 Å². The average molecular weight is 295 g/mol. The molecule has 0 bridgehead atoms. The molecule has 0 aliphatic rings. The van der Waals surface area contributed by atoms with Gasteiger partial charge in [-0.3, -0.25) is 9.48 Å². The van der Waals surface area contributed by atoms with Gasteiger partial charge in [-0.2, -0.15) is 5.10 Å². The summed E-state index contributed by atoms with van der Waals surface area (Å²) in [7, 11) is 0. The summed E-state index contributed by atoms with van der Waals surface area (Å²) in [6.07, 6.45) is 3.93. The van der Waals surface area contributed by atoms with Gasteiger partial charge >= 0.3 is 0 Å². The van der Waals surface area contributed by atoms with Crippen LogP contribution in [-0.2, 0) is 17.8 Å². The fraction of sp³-hybridized carbons (Fsp3) is 0.286. The highest BCUT2D eigenvalue weighted by atomic mass is 35.5. The highest BCUT2D eigenvalue weighted by Gasteiger charge is 2.14. The van der Waals surface area contributed by atoms with Gasteiger partial charge in [0.2, 0.25) is 5.91 Å². The van der Waals surface area contributed by atoms with Crippen LogP contribution in [0, 0.1) is 0 Å². The molecule has 6 heteroatoms. The molecule has 2 rings (SSSR count). The number of halogens is 1. The minimum atomic E-state index is -0.563. The van der Waals surface area contributed by atoms with E-state index in [9.17, 15) is 4.79 Å². The maximum absolute atomic E-state index is 11.9. The van der Waals surface area contributed by atoms with Gasteiger partial charge in [-0.05, 0) is 18.9 Å². The summed E-state index contributed by atoms with van der Waals surface area (Å²) in [5.41, 5.74) is 7.62. The fourth-order valence-corrected chi connectivity index (χ4v) is 1.80. The lowest BCUT2D eigenvalue weighted by molar-refractivity contribution is -0.117. The number of carbonyl (C=O) groups excluding carboxylic acids is 1. The Kier molecular flexibility index (Phi) is 6.21. The van der Waals surface area contributed by atoms with Crippen LogP contribution in [-0.4, -0.2) is 21.7 Å². The smallest absolute Gasteiger partial charge is 0.241 e. The third kappa shape index (κ3) is 4.36. The van der Waals surface area contributed by atoms with Gasteiger partial charge in [0.15, 0.2) is 0 Å². The summed E-state index contributed by atoms with van der Waals surface area (Å²) in [5, 5.41) is 6.86. The van der Waals surface area contributed by atoms with Gasteiger partial charge in [0.05, 0.1) is 17.9 Å². The average Bonchev–Trinajstić information content (AvgIpc) is 2.87. The van der Waals surface area contributed by atoms with Crippen molar-refractivity contribution in [2.45, 2.75) is 25.9 Å². The third-order valence-electron chi connectivity index (χ3n) is 2.86. The topological polar surface area (TPSA) is 72.9 Å². The number of aromatic nitrogens is 2. The molecule has 20 heavy (non-hydrogen) atoms. The number of hydrogen-bond donors (Lipinski definition) is 2. The fourth-order valence-electron chi connectivity index (χ4n) is 1.80. The van der Waals surface area contributed by atoms with E-state index in [1.165, 1.54) is 0 Å². The van der Waals surface area contributed by atoms with E-state index in [1.54, 1.807) is 17.1 Å². The largest absolute Gasteiger partial charge is 0.322 e. The number of amides is 1. The molecule has 0 unspecified atom stereocenters. The monoisotopic (exact) mass is 294 g/mol. The van der Waals surface area contributed by atoms with Crippen LogP contribution in [0.5, 0.6) is 0 Å². The molecule has 0 aliphatic carbocycles. The molecule has 1 heterocycles. The molecule has 5 nitrogen and oxygen atoms in total. The molecule has 0 aliphatic heterocycles. The molecule has 0 saturated carbocycles. The maximum Gasteiger partial charge on any atom is 0.241 e. The van der Waals surface area contributed by atoms with E-state index in [0.717, 1.165) is 12.1 Å². The Morgan fingerprint density at radius 1 is 1.40 bits per heavy atom. The Balaban J connectivity index is 0.00000200. The number of nitrogens with zero attached hydrogens (tertiary/aromatic N) is 2. The van der Waals surface area contributed by atoms with Crippen molar-refractivity contribution in [2.75, 3.05) is 5.32 Å². The van der Waals surface area contributed by atoms with Crippen molar-refractivity contribution in [1.82, 2.24) is 9.78 Å². The van der Waals surface area contributed by atoms with Crippen molar-refractivity contribution in [2.24, 2.45) is 5.73 Å². The van der Waals surface area contributed by atoms with E-state index in [4.69, 9.17) is 5.73 Å². The van der Waals surface area contributed by atoms with E-state index in [1.807, 2.05) is 37.3 Å². The Bertz CT molecular complexity index is 541. The van der Waals surface area contributed by atoms with E-state index in [0.29, 0.717) is 12.1 Å². The Morgan fingerprint density at radius 3 is 2.70 bits per heavy atom. The molecule has 1 aromatic carbocycles. The van der Waals surface area contributed by atoms with Crippen molar-refractivity contribution < 1.29 is 4.79 Å². The second-order valence-corrected chi connectivity index (χ2v) is 4.37. The molecule has 3 N–H and O–H groups in total. The highest BCUT2D eigenvalue weighted by molar-refractivity contribution is 5.94. The summed E-state index contributed by atoms with van der Waals surface area (Å²) in [4.78, 5) is 11.9. The van der Waals surface area contributed by atoms with Gasteiger partial charge in [-0.1, -0.05) is 30.3 Å². The summed E-state index contributed by atoms with van der Waals surface area (Å²) in [6, 6.07) is 9.17. The first kappa shape index (κ1) is 16.2. The van der Waals surface area contributed by atoms with Crippen LogP contribution in [0.2, 0.25) is 0 Å². The molecule has 0 radical (unpaired) electrons. The second kappa shape index (κ2) is 7.67. The Morgan fingerprint density at radius 2 is 2.10 bits per heavy atom. The lowest BCUT2D eigenvalue weighted by Crippen LogP contribution is -2.37. The van der Waals surface area contributed by atoms with Gasteiger partial charge in [0.25, 0.3) is 0 Å². The van der Waals surface area contributed by atoms with Crippen molar-refractivity contribution in [1.29, 1.82) is 0 Å². The lowest BCUT2D eigenvalue weighted by Gasteiger charge is -2.11. The van der Waals surface area contributed by atoms with Crippen LogP contribution in [0.25, 0.3) is 0 Å². The Hall–Kier alpha value is -1.85. The zero-order valence-electron chi connectivity index (χ0n) is 11.3. The van der Waals surface area contributed by atoms with E-state index in [-0.39, 0.29) is 18.3 Å². The van der Waals surface area contributed by atoms with Crippen molar-refractivity contribution in [3.8, 4) is 0 Å². The van der Waals surface area contributed by atoms with Crippen LogP contribution in [0.3, 0.4) is 0 Å². The zero-order valence-corrected chi connectivity index (χ0v) is 12.1. The highest BCUT2D eigenvalue weighted by Crippen LogP contribution is 2.07. The molecule has 1 aromatic heterocycles. The molecular weight excluding hydrogens is 276 g/mol. The number of rotatable bonds is 5. The first-order valence-corrected chi connectivity index (χ1v) is 6.32. The first-order valence-electron chi connectivity index (χ1n) is 6.32. The molecule has 1 atom stereocenters. The van der Waals surface area contributed by atoms with Crippen molar-refractivity contribution in [3.05, 3.63) is 48.3 Å². The summed E-state index contributed by atoms with van der Waals surface area (Å²) < 4.78 is 1.75. The minimum absolute atomic E-state index is 0. The van der Waals surface area contributed by atoms with Gasteiger partial charge in [0.1, 0.15) is 0 Å². The number of hydrogen-bond acceptors (Lipinski definition) is 3. The van der Waals surface area contributed by atoms with E-state index < -0.39 is 6.04 Å². The van der Waals surface area contributed by atoms with Crippen molar-refractivity contribution in [3.63, 3.8) is 0 Å². The summed E-state index contributed by atoms with van der Waals surface area (Å²) >= 11 is 0. The predicted octanol–water partition coefficient (Wildman–Crippen LogP) is 1.83. The number of anilines is 1. The van der Waals surface area contributed by atoms with Crippen LogP contribution >= 0.6 is 12.4 Å². The molecule has 1 amide bonds. The number of benzene rings is 1.